The summed E-state index contributed by atoms with van der Waals surface area (Å²) in [4.78, 5) is 3.66. The van der Waals surface area contributed by atoms with E-state index >= 15 is 0 Å². The van der Waals surface area contributed by atoms with Crippen molar-refractivity contribution in [2.75, 3.05) is 25.3 Å². The molecule has 4 aromatic rings. The maximum atomic E-state index is 5.64. The van der Waals surface area contributed by atoms with Gasteiger partial charge in [0.25, 0.3) is 0 Å². The van der Waals surface area contributed by atoms with Gasteiger partial charge in [-0.25, -0.2) is 0 Å². The number of hydrogen-bond acceptors (Lipinski definition) is 6. The molecule has 7 heteroatoms. The molecule has 0 radical (unpaired) electrons. The number of methoxy groups -OCH3 is 1. The number of anilines is 1. The largest absolute Gasteiger partial charge is 0.497 e. The molecule has 2 aliphatic rings. The normalized spacial score (nSPS) is 16.7. The SMILES string of the molecule is COc1ccc2c(c1)SC(c1ccc3c(c1)OCO3)CCN2Cc1cn[nH]c1-c1ccccc1. The van der Waals surface area contributed by atoms with Crippen molar-refractivity contribution in [1.29, 1.82) is 0 Å². The van der Waals surface area contributed by atoms with E-state index in [2.05, 4.69) is 63.6 Å². The summed E-state index contributed by atoms with van der Waals surface area (Å²) in [6.07, 6.45) is 2.94. The Balaban J connectivity index is 1.33. The third-order valence-corrected chi connectivity index (χ3v) is 7.72. The summed E-state index contributed by atoms with van der Waals surface area (Å²) in [5.74, 6) is 2.52. The molecule has 1 aromatic heterocycles. The van der Waals surface area contributed by atoms with Crippen LogP contribution in [-0.2, 0) is 6.54 Å². The Morgan fingerprint density at radius 3 is 2.82 bits per heavy atom. The lowest BCUT2D eigenvalue weighted by atomic mass is 10.1. The summed E-state index contributed by atoms with van der Waals surface area (Å²) in [6.45, 7) is 1.98. The van der Waals surface area contributed by atoms with Gasteiger partial charge >= 0.3 is 0 Å². The Labute approximate surface area is 202 Å². The van der Waals surface area contributed by atoms with Crippen LogP contribution in [0.2, 0.25) is 0 Å². The molecule has 0 aliphatic carbocycles. The second-order valence-electron chi connectivity index (χ2n) is 8.40. The van der Waals surface area contributed by atoms with Crippen LogP contribution in [0.4, 0.5) is 5.69 Å². The fourth-order valence-corrected chi connectivity index (χ4v) is 5.90. The van der Waals surface area contributed by atoms with Crippen LogP contribution in [0.15, 0.2) is 77.8 Å². The standard InChI is InChI=1S/C27H25N3O3S/c1-31-21-8-9-22-26(14-21)34-25(19-7-10-23-24(13-19)33-17-32-23)11-12-30(22)16-20-15-28-29-27(20)18-5-3-2-4-6-18/h2-10,13-15,25H,11-12,16-17H2,1H3,(H,28,29). The number of ether oxygens (including phenoxy) is 3. The molecule has 34 heavy (non-hydrogen) atoms. The minimum absolute atomic E-state index is 0.291. The highest BCUT2D eigenvalue weighted by molar-refractivity contribution is 7.99. The van der Waals surface area contributed by atoms with Crippen molar-refractivity contribution in [1.82, 2.24) is 10.2 Å². The minimum Gasteiger partial charge on any atom is -0.497 e. The molecule has 6 rings (SSSR count). The number of rotatable bonds is 5. The third-order valence-electron chi connectivity index (χ3n) is 6.35. The number of nitrogens with zero attached hydrogens (tertiary/aromatic N) is 2. The van der Waals surface area contributed by atoms with Crippen LogP contribution in [0.3, 0.4) is 0 Å². The fourth-order valence-electron chi connectivity index (χ4n) is 4.59. The molecule has 3 aromatic carbocycles. The van der Waals surface area contributed by atoms with Crippen molar-refractivity contribution in [2.24, 2.45) is 0 Å². The number of H-pyrrole nitrogens is 1. The molecule has 1 unspecified atom stereocenters. The highest BCUT2D eigenvalue weighted by atomic mass is 32.2. The first-order chi connectivity index (χ1) is 16.8. The summed E-state index contributed by atoms with van der Waals surface area (Å²) in [7, 11) is 1.72. The fraction of sp³-hybridized carbons (Fsp3) is 0.222. The van der Waals surface area contributed by atoms with Crippen LogP contribution < -0.4 is 19.1 Å². The zero-order valence-corrected chi connectivity index (χ0v) is 19.7. The topological polar surface area (TPSA) is 59.6 Å². The van der Waals surface area contributed by atoms with Crippen molar-refractivity contribution in [3.05, 3.63) is 84.1 Å². The lowest BCUT2D eigenvalue weighted by molar-refractivity contribution is 0.174. The molecular weight excluding hydrogens is 446 g/mol. The Morgan fingerprint density at radius 2 is 1.94 bits per heavy atom. The van der Waals surface area contributed by atoms with E-state index in [0.717, 1.165) is 48.0 Å². The maximum absolute atomic E-state index is 5.64. The van der Waals surface area contributed by atoms with E-state index in [1.165, 1.54) is 21.7 Å². The quantitative estimate of drug-likeness (QED) is 0.382. The van der Waals surface area contributed by atoms with Crippen molar-refractivity contribution in [3.63, 3.8) is 0 Å². The molecule has 172 valence electrons. The second-order valence-corrected chi connectivity index (χ2v) is 9.64. The van der Waals surface area contributed by atoms with Gasteiger partial charge in [0.2, 0.25) is 6.79 Å². The van der Waals surface area contributed by atoms with Gasteiger partial charge < -0.3 is 19.1 Å². The third kappa shape index (κ3) is 3.96. The first kappa shape index (κ1) is 21.0. The lowest BCUT2D eigenvalue weighted by Crippen LogP contribution is -2.24. The van der Waals surface area contributed by atoms with Crippen LogP contribution in [0.1, 0.15) is 22.8 Å². The lowest BCUT2D eigenvalue weighted by Gasteiger charge is -2.25. The second kappa shape index (κ2) is 8.99. The first-order valence-electron chi connectivity index (χ1n) is 11.4. The van der Waals surface area contributed by atoms with E-state index < -0.39 is 0 Å². The highest BCUT2D eigenvalue weighted by Gasteiger charge is 2.26. The van der Waals surface area contributed by atoms with Crippen LogP contribution in [0.5, 0.6) is 17.2 Å². The molecule has 3 heterocycles. The molecule has 0 saturated heterocycles. The Hall–Kier alpha value is -3.58. The summed E-state index contributed by atoms with van der Waals surface area (Å²) in [5.41, 5.74) is 5.86. The smallest absolute Gasteiger partial charge is 0.231 e. The Bertz CT molecular complexity index is 1310. The molecule has 0 fully saturated rings. The van der Waals surface area contributed by atoms with E-state index in [9.17, 15) is 0 Å². The number of benzene rings is 3. The van der Waals surface area contributed by atoms with E-state index in [0.29, 0.717) is 12.0 Å². The number of aromatic amines is 1. The van der Waals surface area contributed by atoms with Gasteiger partial charge in [-0.2, -0.15) is 5.10 Å². The summed E-state index contributed by atoms with van der Waals surface area (Å²) in [5, 5.41) is 7.86. The van der Waals surface area contributed by atoms with Crippen molar-refractivity contribution >= 4 is 17.4 Å². The average Bonchev–Trinajstić information content (AvgIpc) is 3.51. The van der Waals surface area contributed by atoms with Gasteiger partial charge in [0, 0.05) is 28.8 Å². The first-order valence-corrected chi connectivity index (χ1v) is 12.2. The van der Waals surface area contributed by atoms with E-state index in [4.69, 9.17) is 14.2 Å². The van der Waals surface area contributed by atoms with Crippen LogP contribution in [0, 0.1) is 0 Å². The van der Waals surface area contributed by atoms with Gasteiger partial charge in [-0.3, -0.25) is 5.10 Å². The van der Waals surface area contributed by atoms with Gasteiger partial charge in [0.05, 0.1) is 24.7 Å². The van der Waals surface area contributed by atoms with Gasteiger partial charge in [0.1, 0.15) is 5.75 Å². The number of nitrogens with one attached hydrogen (secondary N) is 1. The van der Waals surface area contributed by atoms with Crippen molar-refractivity contribution in [3.8, 4) is 28.5 Å². The molecule has 0 saturated carbocycles. The molecule has 0 spiro atoms. The molecule has 0 bridgehead atoms. The molecule has 1 atom stereocenters. The van der Waals surface area contributed by atoms with Gasteiger partial charge in [-0.1, -0.05) is 36.4 Å². The zero-order chi connectivity index (χ0) is 22.9. The number of aromatic nitrogens is 2. The summed E-state index contributed by atoms with van der Waals surface area (Å²) < 4.78 is 16.7. The van der Waals surface area contributed by atoms with E-state index in [1.54, 1.807) is 7.11 Å². The zero-order valence-electron chi connectivity index (χ0n) is 18.9. The van der Waals surface area contributed by atoms with E-state index in [-0.39, 0.29) is 0 Å². The van der Waals surface area contributed by atoms with Crippen LogP contribution in [-0.4, -0.2) is 30.6 Å². The predicted octanol–water partition coefficient (Wildman–Crippen LogP) is 6.06. The molecule has 2 aliphatic heterocycles. The Morgan fingerprint density at radius 1 is 1.06 bits per heavy atom. The van der Waals surface area contributed by atoms with Crippen molar-refractivity contribution in [2.45, 2.75) is 23.1 Å². The summed E-state index contributed by atoms with van der Waals surface area (Å²) >= 11 is 1.88. The number of fused-ring (bicyclic) bond motifs is 2. The highest BCUT2D eigenvalue weighted by Crippen LogP contribution is 2.48. The Kier molecular flexibility index (Phi) is 5.55. The predicted molar refractivity (Wildman–Crippen MR) is 134 cm³/mol. The molecular formula is C27H25N3O3S. The van der Waals surface area contributed by atoms with Crippen LogP contribution >= 0.6 is 11.8 Å². The van der Waals surface area contributed by atoms with E-state index in [1.807, 2.05) is 36.2 Å². The molecule has 1 N–H and O–H groups in total. The van der Waals surface area contributed by atoms with Gasteiger partial charge in [0.15, 0.2) is 11.5 Å². The van der Waals surface area contributed by atoms with Gasteiger partial charge in [-0.05, 0) is 47.9 Å². The summed E-state index contributed by atoms with van der Waals surface area (Å²) in [6, 6.07) is 23.0. The van der Waals surface area contributed by atoms with Crippen molar-refractivity contribution < 1.29 is 14.2 Å². The van der Waals surface area contributed by atoms with Crippen LogP contribution in [0.25, 0.3) is 11.3 Å². The maximum Gasteiger partial charge on any atom is 0.231 e. The average molecular weight is 472 g/mol. The number of thioether (sulfide) groups is 1. The molecule has 6 nitrogen and oxygen atoms in total. The van der Waals surface area contributed by atoms with Gasteiger partial charge in [-0.15, -0.1) is 11.8 Å². The monoisotopic (exact) mass is 471 g/mol. The molecule has 0 amide bonds. The number of hydrogen-bond donors (Lipinski definition) is 1. The minimum atomic E-state index is 0.291.